The van der Waals surface area contributed by atoms with Crippen molar-refractivity contribution < 1.29 is 17.9 Å². The molecule has 0 atom stereocenters. The Morgan fingerprint density at radius 3 is 2.55 bits per heavy atom. The van der Waals surface area contributed by atoms with Crippen LogP contribution in [0.3, 0.4) is 0 Å². The van der Waals surface area contributed by atoms with Crippen LogP contribution >= 0.6 is 11.3 Å². The Morgan fingerprint density at radius 1 is 1.17 bits per heavy atom. The Morgan fingerprint density at radius 2 is 1.90 bits per heavy atom. The number of carbonyl (C=O) groups is 1. The van der Waals surface area contributed by atoms with Gasteiger partial charge in [-0.3, -0.25) is 10.1 Å². The van der Waals surface area contributed by atoms with Crippen molar-refractivity contribution in [2.24, 2.45) is 5.14 Å². The maximum Gasteiger partial charge on any atom is 0.264 e. The number of aromatic nitrogens is 1. The molecule has 3 rings (SSSR count). The van der Waals surface area contributed by atoms with E-state index < -0.39 is 10.0 Å². The Bertz CT molecular complexity index is 1120. The number of rotatable bonds is 7. The lowest BCUT2D eigenvalue weighted by Gasteiger charge is -2.06. The number of sulfonamides is 1. The van der Waals surface area contributed by atoms with Crippen LogP contribution in [0, 0.1) is 13.8 Å². The smallest absolute Gasteiger partial charge is 0.264 e. The summed E-state index contributed by atoms with van der Waals surface area (Å²) in [6.07, 6.45) is 0.573. The fourth-order valence-electron chi connectivity index (χ4n) is 2.64. The van der Waals surface area contributed by atoms with Crippen molar-refractivity contribution in [3.8, 4) is 5.75 Å². The van der Waals surface area contributed by atoms with Gasteiger partial charge in [0.25, 0.3) is 5.91 Å². The number of benzene rings is 2. The minimum atomic E-state index is -3.71. The lowest BCUT2D eigenvalue weighted by Crippen LogP contribution is -2.20. The van der Waals surface area contributed by atoms with Crippen LogP contribution in [0.5, 0.6) is 5.75 Å². The molecule has 0 radical (unpaired) electrons. The highest BCUT2D eigenvalue weighted by molar-refractivity contribution is 7.89. The maximum atomic E-state index is 12.1. The normalized spacial score (nSPS) is 11.3. The number of primary sulfonamides is 1. The van der Waals surface area contributed by atoms with Crippen molar-refractivity contribution in [3.05, 3.63) is 70.2 Å². The molecule has 152 valence electrons. The molecule has 1 heterocycles. The first-order valence-corrected chi connectivity index (χ1v) is 11.1. The molecule has 0 aliphatic heterocycles. The van der Waals surface area contributed by atoms with Gasteiger partial charge in [0.2, 0.25) is 10.0 Å². The van der Waals surface area contributed by atoms with Gasteiger partial charge in [-0.1, -0.05) is 24.3 Å². The third-order valence-corrected chi connectivity index (χ3v) is 6.12. The van der Waals surface area contributed by atoms with Gasteiger partial charge < -0.3 is 4.74 Å². The molecule has 3 aromatic rings. The SMILES string of the molecule is Cc1cccc(OCC(=O)Nc2nc(C)c(Cc3ccc(S(N)(=O)=O)cc3)s2)c1. The van der Waals surface area contributed by atoms with E-state index in [4.69, 9.17) is 9.88 Å². The average molecular weight is 432 g/mol. The Kier molecular flexibility index (Phi) is 6.31. The molecule has 2 aromatic carbocycles. The van der Waals surface area contributed by atoms with Gasteiger partial charge in [0.15, 0.2) is 11.7 Å². The van der Waals surface area contributed by atoms with E-state index in [9.17, 15) is 13.2 Å². The summed E-state index contributed by atoms with van der Waals surface area (Å²) in [4.78, 5) is 17.6. The Labute approximate surface area is 173 Å². The summed E-state index contributed by atoms with van der Waals surface area (Å²) in [6.45, 7) is 3.71. The molecule has 0 fully saturated rings. The van der Waals surface area contributed by atoms with E-state index in [1.165, 1.54) is 23.5 Å². The number of aryl methyl sites for hydroxylation is 2. The molecular formula is C20H21N3O4S2. The zero-order valence-electron chi connectivity index (χ0n) is 16.0. The zero-order valence-corrected chi connectivity index (χ0v) is 17.6. The third-order valence-electron chi connectivity index (χ3n) is 4.12. The molecule has 3 N–H and O–H groups in total. The molecule has 0 bridgehead atoms. The van der Waals surface area contributed by atoms with Crippen molar-refractivity contribution in [2.75, 3.05) is 11.9 Å². The summed E-state index contributed by atoms with van der Waals surface area (Å²) in [6, 6.07) is 13.9. The van der Waals surface area contributed by atoms with E-state index in [1.54, 1.807) is 18.2 Å². The summed E-state index contributed by atoms with van der Waals surface area (Å²) >= 11 is 1.37. The minimum absolute atomic E-state index is 0.0730. The van der Waals surface area contributed by atoms with Crippen LogP contribution < -0.4 is 15.2 Å². The highest BCUT2D eigenvalue weighted by atomic mass is 32.2. The van der Waals surface area contributed by atoms with Gasteiger partial charge >= 0.3 is 0 Å². The van der Waals surface area contributed by atoms with Crippen LogP contribution in [0.4, 0.5) is 5.13 Å². The molecule has 0 spiro atoms. The van der Waals surface area contributed by atoms with Gasteiger partial charge in [-0.05, 0) is 49.2 Å². The fourth-order valence-corrected chi connectivity index (χ4v) is 4.17. The summed E-state index contributed by atoms with van der Waals surface area (Å²) in [7, 11) is -3.71. The number of hydrogen-bond donors (Lipinski definition) is 2. The summed E-state index contributed by atoms with van der Waals surface area (Å²) in [5.74, 6) is 0.350. The Balaban J connectivity index is 1.60. The monoisotopic (exact) mass is 431 g/mol. The van der Waals surface area contributed by atoms with Gasteiger partial charge in [-0.25, -0.2) is 18.5 Å². The molecule has 9 heteroatoms. The van der Waals surface area contributed by atoms with Crippen LogP contribution in [-0.2, 0) is 21.2 Å². The lowest BCUT2D eigenvalue weighted by atomic mass is 10.1. The van der Waals surface area contributed by atoms with Crippen LogP contribution in [-0.4, -0.2) is 25.9 Å². The van der Waals surface area contributed by atoms with E-state index in [0.29, 0.717) is 17.3 Å². The Hall–Kier alpha value is -2.75. The number of carbonyl (C=O) groups excluding carboxylic acids is 1. The maximum absolute atomic E-state index is 12.1. The summed E-state index contributed by atoms with van der Waals surface area (Å²) in [5.41, 5.74) is 2.78. The van der Waals surface area contributed by atoms with Crippen molar-refractivity contribution in [1.82, 2.24) is 4.98 Å². The largest absolute Gasteiger partial charge is 0.484 e. The molecule has 1 aromatic heterocycles. The van der Waals surface area contributed by atoms with E-state index in [2.05, 4.69) is 10.3 Å². The van der Waals surface area contributed by atoms with Crippen LogP contribution in [0.1, 0.15) is 21.7 Å². The predicted molar refractivity (Wildman–Crippen MR) is 113 cm³/mol. The number of nitrogens with one attached hydrogen (secondary N) is 1. The van der Waals surface area contributed by atoms with E-state index >= 15 is 0 Å². The average Bonchev–Trinajstić information content (AvgIpc) is 2.98. The second-order valence-electron chi connectivity index (χ2n) is 6.55. The van der Waals surface area contributed by atoms with Gasteiger partial charge in [0.05, 0.1) is 10.6 Å². The first kappa shape index (κ1) is 21.0. The van der Waals surface area contributed by atoms with Gasteiger partial charge in [-0.2, -0.15) is 0 Å². The zero-order chi connectivity index (χ0) is 21.0. The molecule has 0 aliphatic carbocycles. The van der Waals surface area contributed by atoms with Crippen molar-refractivity contribution in [1.29, 1.82) is 0 Å². The number of amides is 1. The lowest BCUT2D eigenvalue weighted by molar-refractivity contribution is -0.118. The fraction of sp³-hybridized carbons (Fsp3) is 0.200. The third kappa shape index (κ3) is 5.86. The number of thiazole rings is 1. The van der Waals surface area contributed by atoms with Gasteiger partial charge in [0.1, 0.15) is 5.75 Å². The second kappa shape index (κ2) is 8.73. The van der Waals surface area contributed by atoms with Crippen LogP contribution in [0.2, 0.25) is 0 Å². The predicted octanol–water partition coefficient (Wildman–Crippen LogP) is 3.02. The molecule has 0 saturated heterocycles. The van der Waals surface area contributed by atoms with E-state index in [-0.39, 0.29) is 17.4 Å². The highest BCUT2D eigenvalue weighted by Crippen LogP contribution is 2.25. The standard InChI is InChI=1S/C20H21N3O4S2/c1-13-4-3-5-16(10-13)27-12-19(24)23-20-22-14(2)18(28-20)11-15-6-8-17(9-7-15)29(21,25)26/h3-10H,11-12H2,1-2H3,(H2,21,25,26)(H,22,23,24). The number of anilines is 1. The molecule has 1 amide bonds. The second-order valence-corrected chi connectivity index (χ2v) is 9.19. The van der Waals surface area contributed by atoms with Gasteiger partial charge in [-0.15, -0.1) is 11.3 Å². The molecular weight excluding hydrogens is 410 g/mol. The van der Waals surface area contributed by atoms with Crippen molar-refractivity contribution in [2.45, 2.75) is 25.2 Å². The first-order chi connectivity index (χ1) is 13.7. The van der Waals surface area contributed by atoms with E-state index in [1.807, 2.05) is 32.0 Å². The van der Waals surface area contributed by atoms with Crippen molar-refractivity contribution >= 4 is 32.4 Å². The number of hydrogen-bond acceptors (Lipinski definition) is 6. The van der Waals surface area contributed by atoms with Crippen LogP contribution in [0.15, 0.2) is 53.4 Å². The molecule has 7 nitrogen and oxygen atoms in total. The first-order valence-electron chi connectivity index (χ1n) is 8.78. The topological polar surface area (TPSA) is 111 Å². The number of nitrogens with zero attached hydrogens (tertiary/aromatic N) is 1. The number of ether oxygens (including phenoxy) is 1. The van der Waals surface area contributed by atoms with Crippen molar-refractivity contribution in [3.63, 3.8) is 0 Å². The number of nitrogens with two attached hydrogens (primary N) is 1. The highest BCUT2D eigenvalue weighted by Gasteiger charge is 2.13. The molecule has 0 aliphatic rings. The van der Waals surface area contributed by atoms with Gasteiger partial charge in [0, 0.05) is 11.3 Å². The quantitative estimate of drug-likeness (QED) is 0.597. The molecule has 0 unspecified atom stereocenters. The van der Waals surface area contributed by atoms with E-state index in [0.717, 1.165) is 21.7 Å². The molecule has 29 heavy (non-hydrogen) atoms. The molecule has 0 saturated carbocycles. The minimum Gasteiger partial charge on any atom is -0.484 e. The van der Waals surface area contributed by atoms with Crippen LogP contribution in [0.25, 0.3) is 0 Å². The summed E-state index contributed by atoms with van der Waals surface area (Å²) in [5, 5.41) is 8.36. The summed E-state index contributed by atoms with van der Waals surface area (Å²) < 4.78 is 28.2.